The lowest BCUT2D eigenvalue weighted by Gasteiger charge is -2.31. The summed E-state index contributed by atoms with van der Waals surface area (Å²) in [5.41, 5.74) is -0.611. The smallest absolute Gasteiger partial charge is 0.397 e. The molecule has 98 valence electrons. The molecule has 0 bridgehead atoms. The Hall–Kier alpha value is -1.06. The molecule has 0 spiro atoms. The van der Waals surface area contributed by atoms with Gasteiger partial charge in [0.1, 0.15) is 5.60 Å². The van der Waals surface area contributed by atoms with Gasteiger partial charge in [-0.3, -0.25) is 4.79 Å². The fourth-order valence-corrected chi connectivity index (χ4v) is 2.10. The minimum absolute atomic E-state index is 0.198. The van der Waals surface area contributed by atoms with E-state index < -0.39 is 17.5 Å². The Morgan fingerprint density at radius 3 is 2.12 bits per heavy atom. The molecule has 0 unspecified atom stereocenters. The number of hydrogen-bond acceptors (Lipinski definition) is 3. The van der Waals surface area contributed by atoms with Crippen LogP contribution in [0.3, 0.4) is 0 Å². The van der Waals surface area contributed by atoms with Crippen molar-refractivity contribution in [1.29, 1.82) is 0 Å². The van der Waals surface area contributed by atoms with Crippen LogP contribution < -0.4 is 0 Å². The Morgan fingerprint density at radius 1 is 1.12 bits per heavy atom. The van der Waals surface area contributed by atoms with E-state index in [1.54, 1.807) is 32.7 Å². The summed E-state index contributed by atoms with van der Waals surface area (Å²) in [5, 5.41) is 0. The van der Waals surface area contributed by atoms with Gasteiger partial charge in [0.25, 0.3) is 0 Å². The lowest BCUT2D eigenvalue weighted by Crippen LogP contribution is -2.44. The molecule has 0 N–H and O–H groups in total. The fourth-order valence-electron chi connectivity index (χ4n) is 2.10. The first kappa shape index (κ1) is 14.0. The second-order valence-electron chi connectivity index (χ2n) is 5.71. The Labute approximate surface area is 103 Å². The van der Waals surface area contributed by atoms with E-state index >= 15 is 0 Å². The number of carbonyl (C=O) groups excluding carboxylic acids is 2. The van der Waals surface area contributed by atoms with Crippen molar-refractivity contribution in [3.8, 4) is 0 Å². The van der Waals surface area contributed by atoms with Gasteiger partial charge in [-0.25, -0.2) is 4.79 Å². The number of esters is 1. The first-order valence-electron chi connectivity index (χ1n) is 6.31. The Kier molecular flexibility index (Phi) is 4.54. The third-order valence-corrected chi connectivity index (χ3v) is 3.02. The topological polar surface area (TPSA) is 46.6 Å². The predicted molar refractivity (Wildman–Crippen MR) is 65.5 cm³/mol. The third kappa shape index (κ3) is 4.36. The van der Waals surface area contributed by atoms with Gasteiger partial charge in [-0.15, -0.1) is 0 Å². The molecule has 0 atom stereocenters. The predicted octanol–water partition coefficient (Wildman–Crippen LogP) is 2.12. The minimum atomic E-state index is -0.745. The number of ether oxygens (including phenoxy) is 1. The van der Waals surface area contributed by atoms with Crippen molar-refractivity contribution >= 4 is 11.9 Å². The summed E-state index contributed by atoms with van der Waals surface area (Å²) in [5.74, 6) is -1.27. The lowest BCUT2D eigenvalue weighted by molar-refractivity contribution is -0.168. The van der Waals surface area contributed by atoms with E-state index in [0.29, 0.717) is 0 Å². The molecule has 0 heterocycles. The molecule has 1 fully saturated rings. The molecule has 17 heavy (non-hydrogen) atoms. The molecule has 0 radical (unpaired) electrons. The molecular weight excluding hydrogens is 218 g/mol. The van der Waals surface area contributed by atoms with Gasteiger partial charge in [0.05, 0.1) is 0 Å². The average Bonchev–Trinajstić information content (AvgIpc) is 2.26. The lowest BCUT2D eigenvalue weighted by atomic mass is 9.94. The van der Waals surface area contributed by atoms with E-state index in [2.05, 4.69) is 0 Å². The molecule has 4 heteroatoms. The zero-order valence-corrected chi connectivity index (χ0v) is 11.3. The van der Waals surface area contributed by atoms with Crippen LogP contribution in [0.2, 0.25) is 0 Å². The molecule has 1 aliphatic carbocycles. The number of rotatable bonds is 1. The zero-order chi connectivity index (χ0) is 13.1. The van der Waals surface area contributed by atoms with Crippen molar-refractivity contribution in [2.75, 3.05) is 7.05 Å². The zero-order valence-electron chi connectivity index (χ0n) is 11.3. The molecule has 1 saturated carbocycles. The molecule has 0 aromatic carbocycles. The first-order valence-corrected chi connectivity index (χ1v) is 6.31. The van der Waals surface area contributed by atoms with E-state index in [-0.39, 0.29) is 6.04 Å². The highest BCUT2D eigenvalue weighted by molar-refractivity contribution is 6.32. The van der Waals surface area contributed by atoms with Crippen molar-refractivity contribution in [2.45, 2.75) is 64.5 Å². The van der Waals surface area contributed by atoms with Gasteiger partial charge < -0.3 is 9.64 Å². The van der Waals surface area contributed by atoms with Crippen LogP contribution in [0.4, 0.5) is 0 Å². The van der Waals surface area contributed by atoms with Crippen molar-refractivity contribution < 1.29 is 14.3 Å². The monoisotopic (exact) mass is 241 g/mol. The molecular formula is C13H23NO3. The van der Waals surface area contributed by atoms with Crippen LogP contribution in [0.5, 0.6) is 0 Å². The van der Waals surface area contributed by atoms with Crippen LogP contribution in [0.25, 0.3) is 0 Å². The van der Waals surface area contributed by atoms with Gasteiger partial charge in [0.2, 0.25) is 0 Å². The highest BCUT2D eigenvalue weighted by atomic mass is 16.6. The number of nitrogens with zero attached hydrogens (tertiary/aromatic N) is 1. The highest BCUT2D eigenvalue weighted by Gasteiger charge is 2.30. The summed E-state index contributed by atoms with van der Waals surface area (Å²) >= 11 is 0. The number of amides is 1. The summed E-state index contributed by atoms with van der Waals surface area (Å²) in [7, 11) is 1.70. The largest absolute Gasteiger partial charge is 0.453 e. The average molecular weight is 241 g/mol. The second kappa shape index (κ2) is 5.52. The third-order valence-electron chi connectivity index (χ3n) is 3.02. The second-order valence-corrected chi connectivity index (χ2v) is 5.71. The molecule has 0 aromatic heterocycles. The molecule has 1 rings (SSSR count). The maximum atomic E-state index is 11.9. The van der Waals surface area contributed by atoms with Crippen molar-refractivity contribution in [3.63, 3.8) is 0 Å². The van der Waals surface area contributed by atoms with Gasteiger partial charge >= 0.3 is 11.9 Å². The van der Waals surface area contributed by atoms with Crippen molar-refractivity contribution in [2.24, 2.45) is 0 Å². The van der Waals surface area contributed by atoms with Gasteiger partial charge in [0, 0.05) is 13.1 Å². The summed E-state index contributed by atoms with van der Waals surface area (Å²) in [6.07, 6.45) is 5.48. The van der Waals surface area contributed by atoms with Crippen molar-refractivity contribution in [1.82, 2.24) is 4.90 Å². The standard InChI is InChI=1S/C13H23NO3/c1-13(2,3)17-12(16)11(15)14(4)10-8-6-5-7-9-10/h10H,5-9H2,1-4H3. The quantitative estimate of drug-likeness (QED) is 0.522. The molecule has 0 saturated heterocycles. The maximum Gasteiger partial charge on any atom is 0.397 e. The highest BCUT2D eigenvalue weighted by Crippen LogP contribution is 2.22. The van der Waals surface area contributed by atoms with Crippen LogP contribution in [0, 0.1) is 0 Å². The number of carbonyl (C=O) groups is 2. The number of hydrogen-bond donors (Lipinski definition) is 0. The molecule has 0 aromatic rings. The van der Waals surface area contributed by atoms with Crippen LogP contribution in [0.15, 0.2) is 0 Å². The van der Waals surface area contributed by atoms with E-state index in [1.807, 2.05) is 0 Å². The minimum Gasteiger partial charge on any atom is -0.453 e. The summed E-state index contributed by atoms with van der Waals surface area (Å²) in [6.45, 7) is 5.29. The first-order chi connectivity index (χ1) is 7.81. The van der Waals surface area contributed by atoms with E-state index in [4.69, 9.17) is 4.74 Å². The van der Waals surface area contributed by atoms with Gasteiger partial charge in [0.15, 0.2) is 0 Å². The van der Waals surface area contributed by atoms with Crippen LogP contribution in [-0.2, 0) is 14.3 Å². The van der Waals surface area contributed by atoms with E-state index in [1.165, 1.54) is 6.42 Å². The summed E-state index contributed by atoms with van der Waals surface area (Å²) < 4.78 is 5.08. The number of likely N-dealkylation sites (N-methyl/N-ethyl adjacent to an activating group) is 1. The maximum absolute atomic E-state index is 11.9. The molecule has 4 nitrogen and oxygen atoms in total. The SMILES string of the molecule is CN(C(=O)C(=O)OC(C)(C)C)C1CCCCC1. The van der Waals surface area contributed by atoms with Gasteiger partial charge in [-0.05, 0) is 33.6 Å². The van der Waals surface area contributed by atoms with Gasteiger partial charge in [-0.1, -0.05) is 19.3 Å². The fraction of sp³-hybridized carbons (Fsp3) is 0.846. The Balaban J connectivity index is 2.53. The Morgan fingerprint density at radius 2 is 1.65 bits per heavy atom. The summed E-state index contributed by atoms with van der Waals surface area (Å²) in [6, 6.07) is 0.198. The summed E-state index contributed by atoms with van der Waals surface area (Å²) in [4.78, 5) is 25.0. The van der Waals surface area contributed by atoms with Crippen LogP contribution in [-0.4, -0.2) is 35.5 Å². The Bertz CT molecular complexity index is 288. The molecule has 1 aliphatic rings. The molecule has 0 aliphatic heterocycles. The van der Waals surface area contributed by atoms with Crippen LogP contribution >= 0.6 is 0 Å². The van der Waals surface area contributed by atoms with E-state index in [0.717, 1.165) is 25.7 Å². The molecule has 1 amide bonds. The van der Waals surface area contributed by atoms with Gasteiger partial charge in [-0.2, -0.15) is 0 Å². The normalized spacial score (nSPS) is 17.6. The van der Waals surface area contributed by atoms with Crippen molar-refractivity contribution in [3.05, 3.63) is 0 Å². The van der Waals surface area contributed by atoms with E-state index in [9.17, 15) is 9.59 Å². The van der Waals surface area contributed by atoms with Crippen LogP contribution in [0.1, 0.15) is 52.9 Å².